The summed E-state index contributed by atoms with van der Waals surface area (Å²) in [5, 5.41) is 20.2. The van der Waals surface area contributed by atoms with Gasteiger partial charge in [-0.05, 0) is 17.1 Å². The predicted molar refractivity (Wildman–Crippen MR) is 63.5 cm³/mol. The third-order valence-electron chi connectivity index (χ3n) is 1.96. The van der Waals surface area contributed by atoms with Crippen LogP contribution in [-0.2, 0) is 0 Å². The standard InChI is InChI=1S/C9H8ClN3O6/c10-5-6-11(13(17)18)9(14)19-8-3-1-7(2-4-8)12(15)16/h1-4H,5-6H2. The van der Waals surface area contributed by atoms with Crippen molar-refractivity contribution in [3.05, 3.63) is 44.5 Å². The Morgan fingerprint density at radius 3 is 2.26 bits per heavy atom. The first-order valence-electron chi connectivity index (χ1n) is 4.89. The van der Waals surface area contributed by atoms with Gasteiger partial charge in [0.1, 0.15) is 12.3 Å². The van der Waals surface area contributed by atoms with E-state index >= 15 is 0 Å². The van der Waals surface area contributed by atoms with E-state index in [4.69, 9.17) is 11.6 Å². The molecule has 0 aliphatic carbocycles. The minimum absolute atomic E-state index is 0.0444. The summed E-state index contributed by atoms with van der Waals surface area (Å²) in [5.74, 6) is -0.173. The maximum atomic E-state index is 11.4. The van der Waals surface area contributed by atoms with Crippen LogP contribution in [0.2, 0.25) is 0 Å². The molecule has 0 fully saturated rings. The van der Waals surface area contributed by atoms with E-state index in [0.717, 1.165) is 24.3 Å². The van der Waals surface area contributed by atoms with E-state index < -0.39 is 16.0 Å². The third-order valence-corrected chi connectivity index (χ3v) is 2.13. The molecule has 19 heavy (non-hydrogen) atoms. The van der Waals surface area contributed by atoms with E-state index in [-0.39, 0.29) is 28.9 Å². The van der Waals surface area contributed by atoms with Gasteiger partial charge in [-0.15, -0.1) is 11.6 Å². The summed E-state index contributed by atoms with van der Waals surface area (Å²) in [4.78, 5) is 31.8. The number of nitro benzene ring substituents is 1. The fraction of sp³-hybridized carbons (Fsp3) is 0.222. The van der Waals surface area contributed by atoms with Gasteiger partial charge in [-0.1, -0.05) is 0 Å². The summed E-state index contributed by atoms with van der Waals surface area (Å²) in [6.45, 7) is -0.319. The normalized spacial score (nSPS) is 9.74. The summed E-state index contributed by atoms with van der Waals surface area (Å²) in [6, 6.07) is 4.55. The van der Waals surface area contributed by atoms with E-state index in [9.17, 15) is 25.0 Å². The van der Waals surface area contributed by atoms with Crippen molar-refractivity contribution in [2.45, 2.75) is 0 Å². The molecule has 0 heterocycles. The van der Waals surface area contributed by atoms with Crippen LogP contribution in [0.5, 0.6) is 5.75 Å². The number of benzene rings is 1. The number of carbonyl (C=O) groups excluding carboxylic acids is 1. The molecule has 0 saturated carbocycles. The maximum Gasteiger partial charge on any atom is 0.473 e. The van der Waals surface area contributed by atoms with Gasteiger partial charge in [-0.3, -0.25) is 10.1 Å². The van der Waals surface area contributed by atoms with Gasteiger partial charge in [0.25, 0.3) is 5.69 Å². The first-order valence-corrected chi connectivity index (χ1v) is 5.43. The van der Waals surface area contributed by atoms with Crippen LogP contribution in [0.25, 0.3) is 0 Å². The van der Waals surface area contributed by atoms with Crippen molar-refractivity contribution in [1.82, 2.24) is 5.01 Å². The number of halogens is 1. The SMILES string of the molecule is O=C(Oc1ccc([N+](=O)[O-])cc1)N(CCCl)[N+](=O)[O-]. The topological polar surface area (TPSA) is 116 Å². The van der Waals surface area contributed by atoms with Gasteiger partial charge in [-0.2, -0.15) is 0 Å². The first-order chi connectivity index (χ1) is 8.95. The van der Waals surface area contributed by atoms with Gasteiger partial charge in [0.2, 0.25) is 0 Å². The lowest BCUT2D eigenvalue weighted by molar-refractivity contribution is -0.633. The molecule has 0 saturated heterocycles. The summed E-state index contributed by atoms with van der Waals surface area (Å²) in [5.41, 5.74) is -0.188. The van der Waals surface area contributed by atoms with Crippen molar-refractivity contribution in [2.75, 3.05) is 12.4 Å². The molecule has 10 heteroatoms. The maximum absolute atomic E-state index is 11.4. The fourth-order valence-corrected chi connectivity index (χ4v) is 1.27. The van der Waals surface area contributed by atoms with Crippen LogP contribution in [0.4, 0.5) is 10.5 Å². The lowest BCUT2D eigenvalue weighted by Gasteiger charge is -2.10. The number of carbonyl (C=O) groups is 1. The number of hydrogen-bond donors (Lipinski definition) is 0. The highest BCUT2D eigenvalue weighted by molar-refractivity contribution is 6.18. The predicted octanol–water partition coefficient (Wildman–Crippen LogP) is 1.83. The Balaban J connectivity index is 2.75. The minimum Gasteiger partial charge on any atom is -0.407 e. The second kappa shape index (κ2) is 6.50. The Morgan fingerprint density at radius 2 is 1.84 bits per heavy atom. The summed E-state index contributed by atoms with van der Waals surface area (Å²) in [6.07, 6.45) is -1.22. The van der Waals surface area contributed by atoms with E-state index in [1.807, 2.05) is 0 Å². The number of non-ortho nitro benzene ring substituents is 1. The molecule has 9 nitrogen and oxygen atoms in total. The van der Waals surface area contributed by atoms with Crippen molar-refractivity contribution in [1.29, 1.82) is 0 Å². The van der Waals surface area contributed by atoms with Crippen LogP contribution < -0.4 is 4.74 Å². The second-order valence-electron chi connectivity index (χ2n) is 3.17. The Bertz CT molecular complexity index is 491. The molecule has 0 spiro atoms. The fourth-order valence-electron chi connectivity index (χ4n) is 1.11. The van der Waals surface area contributed by atoms with Crippen LogP contribution in [-0.4, -0.2) is 33.5 Å². The summed E-state index contributed by atoms with van der Waals surface area (Å²) in [7, 11) is 0. The smallest absolute Gasteiger partial charge is 0.407 e. The Hall–Kier alpha value is -2.42. The molecule has 0 bridgehead atoms. The Kier molecular flexibility index (Phi) is 5.01. The average molecular weight is 290 g/mol. The van der Waals surface area contributed by atoms with Gasteiger partial charge in [-0.25, -0.2) is 14.9 Å². The van der Waals surface area contributed by atoms with Gasteiger partial charge >= 0.3 is 6.09 Å². The van der Waals surface area contributed by atoms with Gasteiger partial charge in [0, 0.05) is 18.0 Å². The van der Waals surface area contributed by atoms with E-state index in [1.54, 1.807) is 0 Å². The quantitative estimate of drug-likeness (QED) is 0.464. The van der Waals surface area contributed by atoms with E-state index in [0.29, 0.717) is 0 Å². The number of nitro groups is 2. The van der Waals surface area contributed by atoms with Crippen molar-refractivity contribution < 1.29 is 19.5 Å². The highest BCUT2D eigenvalue weighted by Crippen LogP contribution is 2.18. The molecule has 0 atom stereocenters. The van der Waals surface area contributed by atoms with E-state index in [1.165, 1.54) is 0 Å². The number of ether oxygens (including phenoxy) is 1. The van der Waals surface area contributed by atoms with Crippen molar-refractivity contribution in [3.63, 3.8) is 0 Å². The molecule has 0 N–H and O–H groups in total. The largest absolute Gasteiger partial charge is 0.473 e. The van der Waals surface area contributed by atoms with Gasteiger partial charge in [0.15, 0.2) is 5.03 Å². The molecular weight excluding hydrogens is 282 g/mol. The van der Waals surface area contributed by atoms with Crippen LogP contribution in [0.15, 0.2) is 24.3 Å². The van der Waals surface area contributed by atoms with Crippen molar-refractivity contribution in [3.8, 4) is 5.75 Å². The molecule has 1 rings (SSSR count). The van der Waals surface area contributed by atoms with Crippen LogP contribution in [0, 0.1) is 20.2 Å². The Morgan fingerprint density at radius 1 is 1.26 bits per heavy atom. The molecule has 0 aliphatic heterocycles. The minimum atomic E-state index is -1.22. The molecule has 0 unspecified atom stereocenters. The zero-order chi connectivity index (χ0) is 14.4. The second-order valence-corrected chi connectivity index (χ2v) is 3.55. The lowest BCUT2D eigenvalue weighted by Crippen LogP contribution is -2.39. The third kappa shape index (κ3) is 4.07. The van der Waals surface area contributed by atoms with Crippen LogP contribution in [0.1, 0.15) is 0 Å². The van der Waals surface area contributed by atoms with Crippen molar-refractivity contribution >= 4 is 23.4 Å². The van der Waals surface area contributed by atoms with Gasteiger partial charge < -0.3 is 4.74 Å². The molecule has 1 aromatic rings. The number of hydrogen-bond acceptors (Lipinski definition) is 6. The van der Waals surface area contributed by atoms with Crippen LogP contribution in [0.3, 0.4) is 0 Å². The molecule has 0 aromatic heterocycles. The van der Waals surface area contributed by atoms with Gasteiger partial charge in [0.05, 0.1) is 4.92 Å². The highest BCUT2D eigenvalue weighted by atomic mass is 35.5. The number of nitrogens with zero attached hydrogens (tertiary/aromatic N) is 3. The number of alkyl halides is 1. The number of hydrazine groups is 1. The lowest BCUT2D eigenvalue weighted by atomic mass is 10.3. The molecule has 0 radical (unpaired) electrons. The monoisotopic (exact) mass is 289 g/mol. The average Bonchev–Trinajstić information content (AvgIpc) is 2.36. The van der Waals surface area contributed by atoms with Crippen molar-refractivity contribution in [2.24, 2.45) is 0 Å². The summed E-state index contributed by atoms with van der Waals surface area (Å²) >= 11 is 5.31. The zero-order valence-corrected chi connectivity index (χ0v) is 10.1. The van der Waals surface area contributed by atoms with Crippen LogP contribution >= 0.6 is 11.6 Å². The molecule has 1 aromatic carbocycles. The highest BCUT2D eigenvalue weighted by Gasteiger charge is 2.26. The molecule has 1 amide bonds. The number of amides is 1. The molecular formula is C9H8ClN3O6. The Labute approximate surface area is 111 Å². The first kappa shape index (κ1) is 14.6. The summed E-state index contributed by atoms with van der Waals surface area (Å²) < 4.78 is 4.69. The van der Waals surface area contributed by atoms with E-state index in [2.05, 4.69) is 4.74 Å². The zero-order valence-electron chi connectivity index (χ0n) is 9.39. The molecule has 0 aliphatic rings. The molecule has 102 valence electrons. The number of rotatable bonds is 5.